The standard InChI is InChI=1S/C33H27NO2S/c1-22-16-18-26(19-17-22)37(35,36)34-32-27-14-8-9-15-28(27)33(34)31-29(24-12-6-3-7-13-24)20-25(21-30(31)32)23-10-4-2-5-11-23/h2-21,30-33H,1H3/t30-,31+,32+,33-/m0/s1. The average Bonchev–Trinajstić information content (AvgIpc) is 3.47. The van der Waals surface area contributed by atoms with Gasteiger partial charge in [0, 0.05) is 11.8 Å². The van der Waals surface area contributed by atoms with Crippen molar-refractivity contribution in [3.05, 3.63) is 149 Å². The number of benzene rings is 4. The van der Waals surface area contributed by atoms with Crippen LogP contribution in [0.1, 0.15) is 39.9 Å². The Balaban J connectivity index is 1.45. The lowest BCUT2D eigenvalue weighted by Gasteiger charge is -2.34. The van der Waals surface area contributed by atoms with Crippen LogP contribution in [0.25, 0.3) is 11.1 Å². The van der Waals surface area contributed by atoms with E-state index in [1.165, 1.54) is 5.57 Å². The van der Waals surface area contributed by atoms with Crippen molar-refractivity contribution in [2.45, 2.75) is 23.9 Å². The summed E-state index contributed by atoms with van der Waals surface area (Å²) in [4.78, 5) is 0.358. The summed E-state index contributed by atoms with van der Waals surface area (Å²) in [5.74, 6) is 0.0746. The minimum atomic E-state index is -3.73. The number of fused-ring (bicyclic) bond motifs is 8. The normalized spacial score (nSPS) is 24.2. The highest BCUT2D eigenvalue weighted by atomic mass is 32.2. The number of sulfonamides is 1. The van der Waals surface area contributed by atoms with Gasteiger partial charge in [-0.25, -0.2) is 8.42 Å². The third-order valence-electron chi connectivity index (χ3n) is 8.15. The van der Waals surface area contributed by atoms with Crippen LogP contribution in [0.5, 0.6) is 0 Å². The van der Waals surface area contributed by atoms with Gasteiger partial charge in [0.05, 0.1) is 17.0 Å². The second-order valence-electron chi connectivity index (χ2n) is 10.2. The maximum Gasteiger partial charge on any atom is 0.244 e. The van der Waals surface area contributed by atoms with Crippen molar-refractivity contribution < 1.29 is 8.42 Å². The van der Waals surface area contributed by atoms with E-state index in [0.717, 1.165) is 33.4 Å². The highest BCUT2D eigenvalue weighted by Gasteiger charge is 2.61. The molecule has 0 saturated carbocycles. The smallest absolute Gasteiger partial charge is 0.207 e. The molecule has 0 amide bonds. The quantitative estimate of drug-likeness (QED) is 0.296. The third-order valence-corrected chi connectivity index (χ3v) is 10.0. The van der Waals surface area contributed by atoms with Gasteiger partial charge in [-0.3, -0.25) is 0 Å². The SMILES string of the molecule is Cc1ccc(S(=O)(=O)N2[C@@H]3c4ccccc4[C@H]2[C@@H]2C(c4ccccc4)=CC(c4ccccc4)=C[C@@H]23)cc1. The van der Waals surface area contributed by atoms with Crippen molar-refractivity contribution in [3.63, 3.8) is 0 Å². The molecule has 1 aliphatic carbocycles. The minimum Gasteiger partial charge on any atom is -0.207 e. The van der Waals surface area contributed by atoms with Gasteiger partial charge in [-0.2, -0.15) is 4.31 Å². The maximum atomic E-state index is 14.3. The average molecular weight is 502 g/mol. The van der Waals surface area contributed by atoms with Crippen molar-refractivity contribution in [1.82, 2.24) is 4.31 Å². The number of allylic oxidation sites excluding steroid dienone is 2. The molecule has 1 saturated heterocycles. The Morgan fingerprint density at radius 3 is 1.86 bits per heavy atom. The predicted octanol–water partition coefficient (Wildman–Crippen LogP) is 7.21. The van der Waals surface area contributed by atoms with Gasteiger partial charge in [0.15, 0.2) is 0 Å². The summed E-state index contributed by atoms with van der Waals surface area (Å²) in [7, 11) is -3.73. The van der Waals surface area contributed by atoms with Crippen molar-refractivity contribution >= 4 is 21.2 Å². The van der Waals surface area contributed by atoms with Gasteiger partial charge in [0.25, 0.3) is 0 Å². The summed E-state index contributed by atoms with van der Waals surface area (Å²) < 4.78 is 30.4. The first kappa shape index (κ1) is 22.5. The summed E-state index contributed by atoms with van der Waals surface area (Å²) in [5, 5.41) is 0. The van der Waals surface area contributed by atoms with E-state index in [-0.39, 0.29) is 23.9 Å². The van der Waals surface area contributed by atoms with Crippen LogP contribution in [-0.2, 0) is 10.0 Å². The molecule has 182 valence electrons. The molecule has 0 N–H and O–H groups in total. The monoisotopic (exact) mass is 501 g/mol. The van der Waals surface area contributed by atoms with Gasteiger partial charge in [-0.05, 0) is 52.5 Å². The van der Waals surface area contributed by atoms with Crippen LogP contribution in [0, 0.1) is 18.8 Å². The van der Waals surface area contributed by atoms with E-state index >= 15 is 0 Å². The van der Waals surface area contributed by atoms with E-state index in [1.807, 2.05) is 47.6 Å². The second-order valence-corrected chi connectivity index (χ2v) is 12.1. The van der Waals surface area contributed by atoms with E-state index < -0.39 is 10.0 Å². The molecule has 0 spiro atoms. The van der Waals surface area contributed by atoms with Gasteiger partial charge in [-0.1, -0.05) is 115 Å². The molecule has 7 rings (SSSR count). The summed E-state index contributed by atoms with van der Waals surface area (Å²) in [5.41, 5.74) is 7.96. The second kappa shape index (κ2) is 8.41. The molecule has 4 heteroatoms. The molecule has 4 aromatic carbocycles. The molecule has 1 fully saturated rings. The fraction of sp³-hybridized carbons (Fsp3) is 0.152. The molecule has 4 atom stereocenters. The minimum absolute atomic E-state index is 0.0370. The van der Waals surface area contributed by atoms with Crippen LogP contribution in [0.15, 0.2) is 126 Å². The Kier molecular flexibility index (Phi) is 5.10. The topological polar surface area (TPSA) is 37.4 Å². The fourth-order valence-electron chi connectivity index (χ4n) is 6.57. The van der Waals surface area contributed by atoms with E-state index in [9.17, 15) is 8.42 Å². The van der Waals surface area contributed by atoms with Gasteiger partial charge in [0.2, 0.25) is 10.0 Å². The van der Waals surface area contributed by atoms with E-state index in [4.69, 9.17) is 0 Å². The van der Waals surface area contributed by atoms with Crippen LogP contribution in [0.2, 0.25) is 0 Å². The fourth-order valence-corrected chi connectivity index (χ4v) is 8.39. The molecular formula is C33H27NO2S. The van der Waals surface area contributed by atoms with Gasteiger partial charge in [0.1, 0.15) is 0 Å². The van der Waals surface area contributed by atoms with Gasteiger partial charge >= 0.3 is 0 Å². The van der Waals surface area contributed by atoms with E-state index in [2.05, 4.69) is 72.8 Å². The first-order valence-corrected chi connectivity index (χ1v) is 14.2. The van der Waals surface area contributed by atoms with Crippen LogP contribution in [0.3, 0.4) is 0 Å². The zero-order chi connectivity index (χ0) is 25.1. The molecule has 2 aliphatic heterocycles. The number of aryl methyl sites for hydroxylation is 1. The highest BCUT2D eigenvalue weighted by Crippen LogP contribution is 2.66. The molecule has 37 heavy (non-hydrogen) atoms. The lowest BCUT2D eigenvalue weighted by molar-refractivity contribution is 0.351. The van der Waals surface area contributed by atoms with Gasteiger partial charge < -0.3 is 0 Å². The zero-order valence-corrected chi connectivity index (χ0v) is 21.3. The Morgan fingerprint density at radius 2 is 1.22 bits per heavy atom. The Bertz CT molecular complexity index is 1650. The number of nitrogens with zero attached hydrogens (tertiary/aromatic N) is 1. The molecule has 0 unspecified atom stereocenters. The van der Waals surface area contributed by atoms with E-state index in [0.29, 0.717) is 4.90 Å². The molecule has 3 nitrogen and oxygen atoms in total. The van der Waals surface area contributed by atoms with Crippen LogP contribution in [0.4, 0.5) is 0 Å². The van der Waals surface area contributed by atoms with Crippen molar-refractivity contribution in [1.29, 1.82) is 0 Å². The maximum absolute atomic E-state index is 14.3. The predicted molar refractivity (Wildman–Crippen MR) is 148 cm³/mol. The van der Waals surface area contributed by atoms with Crippen molar-refractivity contribution in [3.8, 4) is 0 Å². The Morgan fingerprint density at radius 1 is 0.649 bits per heavy atom. The van der Waals surface area contributed by atoms with Crippen LogP contribution >= 0.6 is 0 Å². The Hall–Kier alpha value is -3.73. The number of hydrogen-bond acceptors (Lipinski definition) is 2. The van der Waals surface area contributed by atoms with Gasteiger partial charge in [-0.15, -0.1) is 0 Å². The molecular weight excluding hydrogens is 474 g/mol. The molecule has 0 aromatic heterocycles. The first-order valence-electron chi connectivity index (χ1n) is 12.8. The largest absolute Gasteiger partial charge is 0.244 e. The first-order chi connectivity index (χ1) is 18.0. The molecule has 3 aliphatic rings. The summed E-state index contributed by atoms with van der Waals surface area (Å²) in [6.45, 7) is 1.98. The summed E-state index contributed by atoms with van der Waals surface area (Å²) in [6, 6.07) is 35.9. The van der Waals surface area contributed by atoms with Crippen LogP contribution in [-0.4, -0.2) is 12.7 Å². The zero-order valence-electron chi connectivity index (χ0n) is 20.5. The van der Waals surface area contributed by atoms with E-state index in [1.54, 1.807) is 12.1 Å². The summed E-state index contributed by atoms with van der Waals surface area (Å²) >= 11 is 0. The molecule has 2 bridgehead atoms. The number of rotatable bonds is 4. The van der Waals surface area contributed by atoms with Crippen molar-refractivity contribution in [2.24, 2.45) is 11.8 Å². The van der Waals surface area contributed by atoms with Crippen LogP contribution < -0.4 is 0 Å². The summed E-state index contributed by atoms with van der Waals surface area (Å²) in [6.07, 6.45) is 4.61. The lowest BCUT2D eigenvalue weighted by atomic mass is 9.67. The highest BCUT2D eigenvalue weighted by molar-refractivity contribution is 7.89. The molecule has 2 heterocycles. The lowest BCUT2D eigenvalue weighted by Crippen LogP contribution is -2.29. The number of hydrogen-bond donors (Lipinski definition) is 0. The third kappa shape index (κ3) is 3.40. The molecule has 4 aromatic rings. The van der Waals surface area contributed by atoms with Crippen molar-refractivity contribution in [2.75, 3.05) is 0 Å². The molecule has 0 radical (unpaired) electrons. The Labute approximate surface area is 218 Å².